The topological polar surface area (TPSA) is 149 Å². The Labute approximate surface area is 354 Å². The number of pyridine rings is 1. The van der Waals surface area contributed by atoms with Gasteiger partial charge in [0, 0.05) is 87.2 Å². The van der Waals surface area contributed by atoms with Crippen LogP contribution >= 0.6 is 11.8 Å². The molecule has 1 amide bonds. The second-order valence-corrected chi connectivity index (χ2v) is 18.1. The van der Waals surface area contributed by atoms with Crippen LogP contribution in [0.5, 0.6) is 0 Å². The Kier molecular flexibility index (Phi) is 15.5. The molecular formula is C44H66N8O6S. The summed E-state index contributed by atoms with van der Waals surface area (Å²) < 4.78 is 26.1. The number of benzene rings is 1. The Hall–Kier alpha value is -3.57. The van der Waals surface area contributed by atoms with Gasteiger partial charge in [-0.3, -0.25) is 24.6 Å². The zero-order chi connectivity index (χ0) is 42.3. The maximum Gasteiger partial charge on any atom is 0.293 e. The van der Waals surface area contributed by atoms with Crippen LogP contribution < -0.4 is 16.1 Å². The Morgan fingerprint density at radius 1 is 1.10 bits per heavy atom. The molecule has 324 valence electrons. The van der Waals surface area contributed by atoms with Crippen LogP contribution in [0.4, 0.5) is 5.69 Å². The summed E-state index contributed by atoms with van der Waals surface area (Å²) in [6.07, 6.45) is 3.73. The van der Waals surface area contributed by atoms with Crippen molar-refractivity contribution in [2.75, 3.05) is 83.9 Å². The average Bonchev–Trinajstić information content (AvgIpc) is 3.84. The van der Waals surface area contributed by atoms with Gasteiger partial charge in [0.2, 0.25) is 0 Å². The molecule has 6 rings (SSSR count). The number of thioether (sulfide) groups is 1. The van der Waals surface area contributed by atoms with Gasteiger partial charge in [-0.15, -0.1) is 11.8 Å². The molecule has 5 heterocycles. The third-order valence-corrected chi connectivity index (χ3v) is 12.7. The van der Waals surface area contributed by atoms with Gasteiger partial charge >= 0.3 is 0 Å². The van der Waals surface area contributed by atoms with Crippen molar-refractivity contribution >= 4 is 45.8 Å². The zero-order valence-corrected chi connectivity index (χ0v) is 37.2. The maximum absolute atomic E-state index is 13.5. The van der Waals surface area contributed by atoms with Crippen LogP contribution in [0.3, 0.4) is 0 Å². The number of ether oxygens (including phenoxy) is 4. The van der Waals surface area contributed by atoms with E-state index in [9.17, 15) is 9.59 Å². The number of piperazine rings is 1. The van der Waals surface area contributed by atoms with Crippen LogP contribution in [0.1, 0.15) is 83.4 Å². The number of carbonyl (C=O) groups is 2. The van der Waals surface area contributed by atoms with Gasteiger partial charge in [0.1, 0.15) is 12.1 Å². The number of fused-ring (bicyclic) bond motifs is 1. The fourth-order valence-electron chi connectivity index (χ4n) is 8.28. The number of anilines is 1. The van der Waals surface area contributed by atoms with Crippen molar-refractivity contribution in [1.82, 2.24) is 24.9 Å². The Balaban J connectivity index is 1.49. The molecule has 2 fully saturated rings. The lowest BCUT2D eigenvalue weighted by atomic mass is 9.84. The molecule has 0 saturated carbocycles. The van der Waals surface area contributed by atoms with E-state index in [2.05, 4.69) is 78.8 Å². The van der Waals surface area contributed by atoms with Gasteiger partial charge in [-0.2, -0.15) is 0 Å². The van der Waals surface area contributed by atoms with Gasteiger partial charge in [0.05, 0.1) is 59.8 Å². The maximum atomic E-state index is 13.5. The molecule has 2 saturated heterocycles. The molecule has 3 aliphatic rings. The number of aliphatic imine (C=N–C) groups is 1. The van der Waals surface area contributed by atoms with Crippen molar-refractivity contribution in [2.24, 2.45) is 16.1 Å². The second-order valence-electron chi connectivity index (χ2n) is 17.0. The summed E-state index contributed by atoms with van der Waals surface area (Å²) in [5.41, 5.74) is 16.7. The standard InChI is InChI=1S/C44H66N8O6S/c1-9-57-41(38(45)43(54)52-15-11-10-14-47-52)42-48-36(26-59-42)31-12-13-37-33(22-31)35(24-44(5,6)27-56-28-53)40(51(37)20-21-58-29(2)3)34-23-32(25-46-39(34)30(4)55-8)50-18-16-49(7)17-19-50/h12-13,22-23,25,28-30,36,38,41,47H,9-11,14-21,24,26-27,45H2,1-8H3/t30-,36?,38-,41-/m0/s1. The summed E-state index contributed by atoms with van der Waals surface area (Å²) >= 11 is 1.61. The number of rotatable bonds is 19. The first-order valence-electron chi connectivity index (χ1n) is 21.3. The van der Waals surface area contributed by atoms with E-state index in [-0.39, 0.29) is 30.8 Å². The first kappa shape index (κ1) is 45.0. The number of likely N-dealkylation sites (N-methyl/N-ethyl adjacent to an activating group) is 1. The highest BCUT2D eigenvalue weighted by Crippen LogP contribution is 2.43. The zero-order valence-electron chi connectivity index (χ0n) is 36.4. The normalized spacial score (nSPS) is 19.6. The van der Waals surface area contributed by atoms with Gasteiger partial charge in [-0.25, -0.2) is 5.43 Å². The molecule has 0 bridgehead atoms. The fraction of sp³-hybridized carbons (Fsp3) is 0.636. The molecule has 0 aliphatic carbocycles. The van der Waals surface area contributed by atoms with Gasteiger partial charge in [0.25, 0.3) is 12.4 Å². The van der Waals surface area contributed by atoms with Crippen molar-refractivity contribution in [2.45, 2.75) is 97.7 Å². The summed E-state index contributed by atoms with van der Waals surface area (Å²) in [6, 6.07) is 7.90. The molecule has 0 radical (unpaired) electrons. The lowest BCUT2D eigenvalue weighted by Gasteiger charge is -2.34. The first-order valence-corrected chi connectivity index (χ1v) is 22.2. The largest absolute Gasteiger partial charge is 0.467 e. The molecule has 14 nitrogen and oxygen atoms in total. The summed E-state index contributed by atoms with van der Waals surface area (Å²) in [5.74, 6) is 0.523. The van der Waals surface area contributed by atoms with Crippen LogP contribution in [0.15, 0.2) is 35.5 Å². The summed E-state index contributed by atoms with van der Waals surface area (Å²) in [5, 5.41) is 3.48. The number of methoxy groups -OCH3 is 1. The van der Waals surface area contributed by atoms with Gasteiger partial charge in [0.15, 0.2) is 0 Å². The Morgan fingerprint density at radius 2 is 1.88 bits per heavy atom. The quantitative estimate of drug-likeness (QED) is 0.150. The molecule has 4 atom stereocenters. The van der Waals surface area contributed by atoms with E-state index >= 15 is 0 Å². The molecule has 2 aromatic heterocycles. The van der Waals surface area contributed by atoms with Gasteiger partial charge in [-0.05, 0) is 83.3 Å². The second kappa shape index (κ2) is 20.3. The number of carbonyl (C=O) groups excluding carboxylic acids is 2. The smallest absolute Gasteiger partial charge is 0.293 e. The van der Waals surface area contributed by atoms with E-state index in [1.807, 2.05) is 20.0 Å². The monoisotopic (exact) mass is 834 g/mol. The SMILES string of the molecule is CCO[C@H](C1=NC(c2ccc3c(c2)c(CC(C)(C)COC=O)c(-c2cc(N4CCN(C)CC4)cnc2[C@H](C)OC)n3CCOC(C)C)CS1)[C@H](N)C(=O)N1CCCCN1. The minimum absolute atomic E-state index is 0.0732. The third-order valence-electron chi connectivity index (χ3n) is 11.6. The number of nitrogens with one attached hydrogen (secondary N) is 1. The van der Waals surface area contributed by atoms with Crippen LogP contribution in [-0.2, 0) is 41.5 Å². The molecule has 3 N–H and O–H groups in total. The molecule has 1 unspecified atom stereocenters. The molecular weight excluding hydrogens is 769 g/mol. The van der Waals surface area contributed by atoms with Gasteiger partial charge in [-0.1, -0.05) is 19.9 Å². The molecule has 59 heavy (non-hydrogen) atoms. The number of hydrogen-bond donors (Lipinski definition) is 2. The summed E-state index contributed by atoms with van der Waals surface area (Å²) in [6.45, 7) is 19.8. The highest BCUT2D eigenvalue weighted by Gasteiger charge is 2.37. The number of aromatic nitrogens is 2. The minimum atomic E-state index is -0.876. The average molecular weight is 835 g/mol. The fourth-order valence-corrected chi connectivity index (χ4v) is 9.45. The molecule has 15 heteroatoms. The summed E-state index contributed by atoms with van der Waals surface area (Å²) in [4.78, 5) is 40.1. The van der Waals surface area contributed by atoms with E-state index in [0.717, 1.165) is 95.3 Å². The highest BCUT2D eigenvalue weighted by molar-refractivity contribution is 8.14. The first-order chi connectivity index (χ1) is 28.3. The third kappa shape index (κ3) is 10.7. The van der Waals surface area contributed by atoms with Crippen LogP contribution in [0, 0.1) is 5.41 Å². The highest BCUT2D eigenvalue weighted by atomic mass is 32.2. The van der Waals surface area contributed by atoms with E-state index < -0.39 is 17.6 Å². The van der Waals surface area contributed by atoms with E-state index in [1.54, 1.807) is 23.9 Å². The van der Waals surface area contributed by atoms with Crippen LogP contribution in [0.25, 0.3) is 22.2 Å². The van der Waals surface area contributed by atoms with Crippen LogP contribution in [-0.4, -0.2) is 134 Å². The van der Waals surface area contributed by atoms with E-state index in [4.69, 9.17) is 34.7 Å². The predicted molar refractivity (Wildman–Crippen MR) is 236 cm³/mol. The number of hydrazine groups is 1. The lowest BCUT2D eigenvalue weighted by molar-refractivity contribution is -0.139. The van der Waals surface area contributed by atoms with Crippen molar-refractivity contribution in [3.8, 4) is 11.3 Å². The van der Waals surface area contributed by atoms with Gasteiger partial charge < -0.3 is 39.0 Å². The van der Waals surface area contributed by atoms with E-state index in [0.29, 0.717) is 44.9 Å². The molecule has 1 aromatic carbocycles. The predicted octanol–water partition coefficient (Wildman–Crippen LogP) is 5.38. The number of amides is 1. The molecule has 3 aromatic rings. The Morgan fingerprint density at radius 3 is 2.56 bits per heavy atom. The van der Waals surface area contributed by atoms with Crippen molar-refractivity contribution < 1.29 is 28.5 Å². The van der Waals surface area contributed by atoms with E-state index in [1.165, 1.54) is 0 Å². The van der Waals surface area contributed by atoms with Crippen molar-refractivity contribution in [3.05, 3.63) is 47.3 Å². The summed E-state index contributed by atoms with van der Waals surface area (Å²) in [7, 11) is 3.89. The number of nitrogens with zero attached hydrogens (tertiary/aromatic N) is 6. The lowest BCUT2D eigenvalue weighted by Crippen LogP contribution is -2.58. The number of hydrogen-bond acceptors (Lipinski definition) is 13. The molecule has 3 aliphatic heterocycles. The van der Waals surface area contributed by atoms with Crippen molar-refractivity contribution in [3.63, 3.8) is 0 Å². The number of nitrogens with two attached hydrogens (primary N) is 1. The van der Waals surface area contributed by atoms with Crippen LogP contribution in [0.2, 0.25) is 0 Å². The minimum Gasteiger partial charge on any atom is -0.467 e. The Bertz CT molecular complexity index is 1920. The van der Waals surface area contributed by atoms with Crippen molar-refractivity contribution in [1.29, 1.82) is 0 Å². The molecule has 0 spiro atoms.